The number of nitrogens with zero attached hydrogens (tertiary/aromatic N) is 2. The lowest BCUT2D eigenvalue weighted by molar-refractivity contribution is -0.123. The minimum absolute atomic E-state index is 0.0213. The molecule has 2 atom stereocenters. The normalized spacial score (nSPS) is 16.0. The monoisotopic (exact) mass is 528 g/mol. The molecule has 0 saturated carbocycles. The Balaban J connectivity index is 1.31. The smallest absolute Gasteiger partial charge is 0.405 e. The lowest BCUT2D eigenvalue weighted by atomic mass is 9.87. The van der Waals surface area contributed by atoms with Crippen molar-refractivity contribution in [2.75, 3.05) is 18.5 Å². The molecule has 5 rings (SSSR count). The number of amides is 2. The Morgan fingerprint density at radius 1 is 1.25 bits per heavy atom. The maximum Gasteiger partial charge on any atom is 0.405 e. The van der Waals surface area contributed by atoms with Gasteiger partial charge in [0.15, 0.2) is 0 Å². The Bertz CT molecular complexity index is 1500. The summed E-state index contributed by atoms with van der Waals surface area (Å²) in [5.41, 5.74) is 2.84. The van der Waals surface area contributed by atoms with E-state index in [-0.39, 0.29) is 23.8 Å². The highest BCUT2D eigenvalue weighted by Crippen LogP contribution is 2.40. The molecule has 11 nitrogen and oxygen atoms in total. The lowest BCUT2D eigenvalue weighted by Crippen LogP contribution is -2.48. The van der Waals surface area contributed by atoms with E-state index >= 15 is 0 Å². The number of thiazole rings is 1. The number of carbonyl (C=O) groups is 2. The molecular formula is C23H24N6O5S2. The summed E-state index contributed by atoms with van der Waals surface area (Å²) in [6.45, 7) is 0.135. The number of hydrogen-bond donors (Lipinski definition) is 6. The van der Waals surface area contributed by atoms with Gasteiger partial charge >= 0.3 is 11.0 Å². The third kappa shape index (κ3) is 5.03. The number of carboxylic acid groups (broad SMARTS) is 1. The van der Waals surface area contributed by atoms with Crippen LogP contribution in [-0.4, -0.2) is 56.4 Å². The third-order valence-electron chi connectivity index (χ3n) is 6.23. The fourth-order valence-electron chi connectivity index (χ4n) is 4.52. The number of H-pyrrole nitrogens is 1. The van der Waals surface area contributed by atoms with Gasteiger partial charge in [0.1, 0.15) is 23.0 Å². The third-order valence-corrected chi connectivity index (χ3v) is 8.24. The SMILES string of the molecule is O=C(O)N[C@H](CCO)C(=O)NCC1CCc2c(sc3ncnc(Nc4ccc5[nH]c(=O)sc5c4)c23)C1. The zero-order valence-electron chi connectivity index (χ0n) is 19.0. The molecule has 3 aromatic heterocycles. The molecule has 1 aliphatic carbocycles. The molecule has 3 heterocycles. The van der Waals surface area contributed by atoms with Gasteiger partial charge in [-0.3, -0.25) is 9.59 Å². The van der Waals surface area contributed by atoms with Crippen molar-refractivity contribution in [3.05, 3.63) is 44.6 Å². The molecule has 188 valence electrons. The van der Waals surface area contributed by atoms with Crippen molar-refractivity contribution >= 4 is 66.6 Å². The summed E-state index contributed by atoms with van der Waals surface area (Å²) in [6.07, 6.45) is 2.70. The highest BCUT2D eigenvalue weighted by Gasteiger charge is 2.27. The second-order valence-corrected chi connectivity index (χ2v) is 10.7. The standard InChI is InChI=1S/C23H24N6O5S2/c30-6-5-15(28-22(32)33)20(31)24-9-11-1-3-13-16(7-11)35-21-18(13)19(25-10-26-21)27-12-2-4-14-17(8-12)36-23(34)29-14/h2,4,8,10-11,15,28,30H,1,3,5-7,9H2,(H,24,31)(H,29,34)(H,32,33)(H,25,26,27)/t11?,15-/m1/s1. The molecule has 0 aliphatic heterocycles. The molecule has 0 saturated heterocycles. The van der Waals surface area contributed by atoms with Crippen molar-refractivity contribution in [3.8, 4) is 0 Å². The van der Waals surface area contributed by atoms with Gasteiger partial charge in [0.05, 0.1) is 15.6 Å². The average molecular weight is 529 g/mol. The van der Waals surface area contributed by atoms with Crippen LogP contribution in [0.4, 0.5) is 16.3 Å². The zero-order chi connectivity index (χ0) is 25.2. The van der Waals surface area contributed by atoms with Crippen LogP contribution >= 0.6 is 22.7 Å². The average Bonchev–Trinajstić information content (AvgIpc) is 3.41. The summed E-state index contributed by atoms with van der Waals surface area (Å²) in [5.74, 6) is 0.491. The van der Waals surface area contributed by atoms with Crippen molar-refractivity contribution in [3.63, 3.8) is 0 Å². The van der Waals surface area contributed by atoms with Crippen molar-refractivity contribution in [2.45, 2.75) is 31.7 Å². The van der Waals surface area contributed by atoms with Crippen LogP contribution in [0, 0.1) is 5.92 Å². The molecule has 4 aromatic rings. The Kier molecular flexibility index (Phi) is 6.85. The summed E-state index contributed by atoms with van der Waals surface area (Å²) in [5, 5.41) is 27.4. The summed E-state index contributed by atoms with van der Waals surface area (Å²) < 4.78 is 0.868. The fourth-order valence-corrected chi connectivity index (χ4v) is 6.60. The van der Waals surface area contributed by atoms with E-state index in [2.05, 4.69) is 30.9 Å². The summed E-state index contributed by atoms with van der Waals surface area (Å²) >= 11 is 2.78. The first kappa shape index (κ1) is 24.2. The van der Waals surface area contributed by atoms with Crippen LogP contribution in [-0.2, 0) is 17.6 Å². The molecule has 6 N–H and O–H groups in total. The number of aromatic nitrogens is 3. The minimum atomic E-state index is -1.30. The van der Waals surface area contributed by atoms with E-state index in [1.165, 1.54) is 16.8 Å². The topological polar surface area (TPSA) is 169 Å². The molecule has 1 aliphatic rings. The van der Waals surface area contributed by atoms with Gasteiger partial charge in [-0.1, -0.05) is 11.3 Å². The van der Waals surface area contributed by atoms with Crippen LogP contribution in [0.3, 0.4) is 0 Å². The van der Waals surface area contributed by atoms with E-state index in [9.17, 15) is 14.4 Å². The molecule has 36 heavy (non-hydrogen) atoms. The van der Waals surface area contributed by atoms with Crippen LogP contribution in [0.2, 0.25) is 0 Å². The van der Waals surface area contributed by atoms with Gasteiger partial charge in [-0.2, -0.15) is 0 Å². The maximum atomic E-state index is 12.4. The number of thiophene rings is 1. The summed E-state index contributed by atoms with van der Waals surface area (Å²) in [6, 6.07) is 4.71. The highest BCUT2D eigenvalue weighted by atomic mass is 32.1. The quantitative estimate of drug-likeness (QED) is 0.203. The maximum absolute atomic E-state index is 12.4. The summed E-state index contributed by atoms with van der Waals surface area (Å²) in [7, 11) is 0. The van der Waals surface area contributed by atoms with E-state index < -0.39 is 18.0 Å². The minimum Gasteiger partial charge on any atom is -0.465 e. The Morgan fingerprint density at radius 2 is 2.11 bits per heavy atom. The number of hydrogen-bond acceptors (Lipinski definition) is 9. The largest absolute Gasteiger partial charge is 0.465 e. The molecule has 1 unspecified atom stereocenters. The van der Waals surface area contributed by atoms with Gasteiger partial charge in [-0.05, 0) is 55.4 Å². The number of aliphatic hydroxyl groups is 1. The van der Waals surface area contributed by atoms with Crippen molar-refractivity contribution in [2.24, 2.45) is 5.92 Å². The van der Waals surface area contributed by atoms with E-state index in [1.54, 1.807) is 11.3 Å². The molecule has 0 fully saturated rings. The van der Waals surface area contributed by atoms with E-state index in [0.29, 0.717) is 6.54 Å². The molecular weight excluding hydrogens is 504 g/mol. The van der Waals surface area contributed by atoms with Crippen molar-refractivity contribution < 1.29 is 19.8 Å². The van der Waals surface area contributed by atoms with Crippen LogP contribution in [0.25, 0.3) is 20.4 Å². The first-order valence-corrected chi connectivity index (χ1v) is 13.1. The number of aromatic amines is 1. The zero-order valence-corrected chi connectivity index (χ0v) is 20.7. The number of carbonyl (C=O) groups excluding carboxylic acids is 1. The van der Waals surface area contributed by atoms with Gasteiger partial charge in [0.25, 0.3) is 0 Å². The van der Waals surface area contributed by atoms with Gasteiger partial charge in [0, 0.05) is 23.7 Å². The lowest BCUT2D eigenvalue weighted by Gasteiger charge is -2.24. The van der Waals surface area contributed by atoms with Gasteiger partial charge < -0.3 is 31.1 Å². The molecule has 2 amide bonds. The van der Waals surface area contributed by atoms with E-state index in [4.69, 9.17) is 10.2 Å². The molecule has 0 radical (unpaired) electrons. The molecule has 0 spiro atoms. The predicted octanol–water partition coefficient (Wildman–Crippen LogP) is 2.58. The number of aliphatic hydroxyl groups excluding tert-OH is 1. The van der Waals surface area contributed by atoms with Crippen LogP contribution in [0.5, 0.6) is 0 Å². The van der Waals surface area contributed by atoms with Gasteiger partial charge in [-0.15, -0.1) is 11.3 Å². The number of benzene rings is 1. The predicted molar refractivity (Wildman–Crippen MR) is 138 cm³/mol. The van der Waals surface area contributed by atoms with Crippen molar-refractivity contribution in [1.29, 1.82) is 0 Å². The van der Waals surface area contributed by atoms with E-state index in [0.717, 1.165) is 62.5 Å². The number of rotatable bonds is 8. The fraction of sp³-hybridized carbons (Fsp3) is 0.348. The second-order valence-electron chi connectivity index (χ2n) is 8.63. The van der Waals surface area contributed by atoms with Gasteiger partial charge in [0.2, 0.25) is 5.91 Å². The van der Waals surface area contributed by atoms with Crippen LogP contribution < -0.4 is 20.8 Å². The molecule has 1 aromatic carbocycles. The van der Waals surface area contributed by atoms with E-state index in [1.807, 2.05) is 18.2 Å². The number of anilines is 2. The Hall–Kier alpha value is -3.55. The molecule has 0 bridgehead atoms. The molecule has 13 heteroatoms. The first-order valence-electron chi connectivity index (χ1n) is 11.4. The van der Waals surface area contributed by atoms with Crippen LogP contribution in [0.1, 0.15) is 23.3 Å². The highest BCUT2D eigenvalue weighted by molar-refractivity contribution is 7.19. The number of nitrogens with one attached hydrogen (secondary N) is 4. The Morgan fingerprint density at radius 3 is 2.92 bits per heavy atom. The van der Waals surface area contributed by atoms with Crippen LogP contribution in [0.15, 0.2) is 29.3 Å². The second kappa shape index (κ2) is 10.2. The van der Waals surface area contributed by atoms with Gasteiger partial charge in [-0.25, -0.2) is 14.8 Å². The number of aryl methyl sites for hydroxylation is 1. The first-order chi connectivity index (χ1) is 17.4. The summed E-state index contributed by atoms with van der Waals surface area (Å²) in [4.78, 5) is 48.7. The Labute approximate surface area is 212 Å². The van der Waals surface area contributed by atoms with Crippen molar-refractivity contribution in [1.82, 2.24) is 25.6 Å². The number of fused-ring (bicyclic) bond motifs is 4.